The van der Waals surface area contributed by atoms with Gasteiger partial charge in [0.25, 0.3) is 0 Å². The number of rotatable bonds is 5. The minimum Gasteiger partial charge on any atom is -0.370 e. The number of nitrogens with zero attached hydrogens (tertiary/aromatic N) is 2. The summed E-state index contributed by atoms with van der Waals surface area (Å²) in [5, 5.41) is 6.13. The lowest BCUT2D eigenvalue weighted by Gasteiger charge is -2.06. The monoisotopic (exact) mass is 336 g/mol. The number of guanidine groups is 1. The van der Waals surface area contributed by atoms with Gasteiger partial charge in [-0.1, -0.05) is 49.4 Å². The molecule has 0 aliphatic carbocycles. The molecule has 5 heteroatoms. The topological polar surface area (TPSA) is 63.3 Å². The standard InChI is InChI=1S/C19H20N4S/c1-2-14-7-6-10-16(11-14)22-19(20)21-12-18-23-17(13-24-18)15-8-4-3-5-9-15/h3-11,13H,2,12H2,1H3,(H3,20,21,22). The molecule has 0 amide bonds. The van der Waals surface area contributed by atoms with Gasteiger partial charge in [0.05, 0.1) is 12.2 Å². The highest BCUT2D eigenvalue weighted by Gasteiger charge is 2.04. The number of hydrogen-bond donors (Lipinski definition) is 2. The van der Waals surface area contributed by atoms with E-state index in [1.54, 1.807) is 11.3 Å². The maximum Gasteiger partial charge on any atom is 0.193 e. The first-order chi connectivity index (χ1) is 11.7. The van der Waals surface area contributed by atoms with E-state index in [-0.39, 0.29) is 0 Å². The third kappa shape index (κ3) is 4.20. The van der Waals surface area contributed by atoms with Crippen molar-refractivity contribution in [1.29, 1.82) is 0 Å². The Kier molecular flexibility index (Phi) is 5.23. The molecule has 0 bridgehead atoms. The first-order valence-electron chi connectivity index (χ1n) is 7.90. The fourth-order valence-electron chi connectivity index (χ4n) is 2.33. The third-order valence-electron chi connectivity index (χ3n) is 3.61. The lowest BCUT2D eigenvalue weighted by molar-refractivity contribution is 1.03. The Hall–Kier alpha value is -2.66. The molecule has 3 rings (SSSR count). The molecule has 0 radical (unpaired) electrons. The molecular formula is C19H20N4S. The van der Waals surface area contributed by atoms with Crippen molar-refractivity contribution in [3.63, 3.8) is 0 Å². The second kappa shape index (κ2) is 7.75. The Morgan fingerprint density at radius 2 is 2.00 bits per heavy atom. The fourth-order valence-corrected chi connectivity index (χ4v) is 3.06. The summed E-state index contributed by atoms with van der Waals surface area (Å²) in [7, 11) is 0. The molecule has 3 N–H and O–H groups in total. The maximum atomic E-state index is 5.98. The molecule has 0 aliphatic rings. The molecular weight excluding hydrogens is 316 g/mol. The average Bonchev–Trinajstić information content (AvgIpc) is 3.10. The van der Waals surface area contributed by atoms with Gasteiger partial charge >= 0.3 is 0 Å². The van der Waals surface area contributed by atoms with E-state index in [0.29, 0.717) is 12.5 Å². The summed E-state index contributed by atoms with van der Waals surface area (Å²) >= 11 is 1.60. The number of aliphatic imine (C=N–C) groups is 1. The van der Waals surface area contributed by atoms with Crippen molar-refractivity contribution in [2.75, 3.05) is 5.32 Å². The summed E-state index contributed by atoms with van der Waals surface area (Å²) in [6, 6.07) is 18.3. The van der Waals surface area contributed by atoms with Gasteiger partial charge < -0.3 is 11.1 Å². The van der Waals surface area contributed by atoms with Crippen molar-refractivity contribution in [1.82, 2.24) is 4.98 Å². The van der Waals surface area contributed by atoms with Gasteiger partial charge in [0.15, 0.2) is 5.96 Å². The van der Waals surface area contributed by atoms with E-state index in [1.807, 2.05) is 30.3 Å². The van der Waals surface area contributed by atoms with E-state index in [4.69, 9.17) is 5.73 Å². The molecule has 0 spiro atoms. The van der Waals surface area contributed by atoms with Crippen LogP contribution >= 0.6 is 11.3 Å². The van der Waals surface area contributed by atoms with Gasteiger partial charge in [-0.15, -0.1) is 11.3 Å². The number of hydrogen-bond acceptors (Lipinski definition) is 3. The van der Waals surface area contributed by atoms with Crippen molar-refractivity contribution in [3.8, 4) is 11.3 Å². The van der Waals surface area contributed by atoms with Crippen LogP contribution in [0.1, 0.15) is 17.5 Å². The largest absolute Gasteiger partial charge is 0.370 e. The van der Waals surface area contributed by atoms with Crippen LogP contribution < -0.4 is 11.1 Å². The molecule has 2 aromatic carbocycles. The highest BCUT2D eigenvalue weighted by Crippen LogP contribution is 2.21. The minimum atomic E-state index is 0.403. The zero-order chi connectivity index (χ0) is 16.8. The molecule has 122 valence electrons. The van der Waals surface area contributed by atoms with E-state index in [9.17, 15) is 0 Å². The van der Waals surface area contributed by atoms with Gasteiger partial charge in [-0.25, -0.2) is 9.98 Å². The smallest absolute Gasteiger partial charge is 0.193 e. The molecule has 0 saturated heterocycles. The summed E-state index contributed by atoms with van der Waals surface area (Å²) in [4.78, 5) is 9.00. The lowest BCUT2D eigenvalue weighted by atomic mass is 10.1. The molecule has 0 atom stereocenters. The normalized spacial score (nSPS) is 11.5. The van der Waals surface area contributed by atoms with Crippen LogP contribution in [-0.2, 0) is 13.0 Å². The molecule has 0 fully saturated rings. The van der Waals surface area contributed by atoms with Crippen LogP contribution in [0.4, 0.5) is 5.69 Å². The molecule has 1 aromatic heterocycles. The molecule has 0 aliphatic heterocycles. The predicted molar refractivity (Wildman–Crippen MR) is 102 cm³/mol. The minimum absolute atomic E-state index is 0.403. The number of nitrogens with two attached hydrogens (primary N) is 1. The lowest BCUT2D eigenvalue weighted by Crippen LogP contribution is -2.22. The average molecular weight is 336 g/mol. The summed E-state index contributed by atoms with van der Waals surface area (Å²) in [5.74, 6) is 0.403. The maximum absolute atomic E-state index is 5.98. The second-order valence-electron chi connectivity index (χ2n) is 5.37. The van der Waals surface area contributed by atoms with E-state index in [2.05, 4.69) is 51.9 Å². The molecule has 3 aromatic rings. The van der Waals surface area contributed by atoms with E-state index < -0.39 is 0 Å². The van der Waals surface area contributed by atoms with Gasteiger partial charge in [-0.3, -0.25) is 0 Å². The Bertz CT molecular complexity index is 824. The number of nitrogens with one attached hydrogen (secondary N) is 1. The number of aromatic nitrogens is 1. The van der Waals surface area contributed by atoms with Crippen LogP contribution in [0.2, 0.25) is 0 Å². The molecule has 0 saturated carbocycles. The summed E-state index contributed by atoms with van der Waals surface area (Å²) in [6.45, 7) is 2.60. The highest BCUT2D eigenvalue weighted by molar-refractivity contribution is 7.09. The number of thiazole rings is 1. The van der Waals surface area contributed by atoms with Gasteiger partial charge in [-0.2, -0.15) is 0 Å². The first-order valence-corrected chi connectivity index (χ1v) is 8.78. The molecule has 4 nitrogen and oxygen atoms in total. The van der Waals surface area contributed by atoms with E-state index >= 15 is 0 Å². The van der Waals surface area contributed by atoms with Crippen LogP contribution in [0, 0.1) is 0 Å². The zero-order valence-electron chi connectivity index (χ0n) is 13.6. The SMILES string of the molecule is CCc1cccc(NC(N)=NCc2nc(-c3ccccc3)cs2)c1. The van der Waals surface area contributed by atoms with Crippen molar-refractivity contribution in [2.24, 2.45) is 10.7 Å². The molecule has 24 heavy (non-hydrogen) atoms. The van der Waals surface area contributed by atoms with Gasteiger partial charge in [0.2, 0.25) is 0 Å². The van der Waals surface area contributed by atoms with Crippen molar-refractivity contribution >= 4 is 23.0 Å². The van der Waals surface area contributed by atoms with Gasteiger partial charge in [0, 0.05) is 16.6 Å². The molecule has 1 heterocycles. The Morgan fingerprint density at radius 1 is 1.17 bits per heavy atom. The zero-order valence-corrected chi connectivity index (χ0v) is 14.4. The van der Waals surface area contributed by atoms with Crippen LogP contribution in [-0.4, -0.2) is 10.9 Å². The Labute approximate surface area is 146 Å². The molecule has 0 unspecified atom stereocenters. The second-order valence-corrected chi connectivity index (χ2v) is 6.32. The van der Waals surface area contributed by atoms with Crippen molar-refractivity contribution < 1.29 is 0 Å². The van der Waals surface area contributed by atoms with E-state index in [1.165, 1.54) is 5.56 Å². The number of anilines is 1. The number of aryl methyl sites for hydroxylation is 1. The van der Waals surface area contributed by atoms with Crippen molar-refractivity contribution in [2.45, 2.75) is 19.9 Å². The van der Waals surface area contributed by atoms with Crippen LogP contribution in [0.15, 0.2) is 65.0 Å². The quantitative estimate of drug-likeness (QED) is 0.539. The van der Waals surface area contributed by atoms with Gasteiger partial charge in [-0.05, 0) is 24.1 Å². The van der Waals surface area contributed by atoms with Crippen LogP contribution in [0.25, 0.3) is 11.3 Å². The predicted octanol–water partition coefficient (Wildman–Crippen LogP) is 4.30. The highest BCUT2D eigenvalue weighted by atomic mass is 32.1. The Balaban J connectivity index is 1.64. The summed E-state index contributed by atoms with van der Waals surface area (Å²) in [6.07, 6.45) is 0.994. The fraction of sp³-hybridized carbons (Fsp3) is 0.158. The number of benzene rings is 2. The van der Waals surface area contributed by atoms with Crippen LogP contribution in [0.5, 0.6) is 0 Å². The van der Waals surface area contributed by atoms with Gasteiger partial charge in [0.1, 0.15) is 5.01 Å². The first kappa shape index (κ1) is 16.2. The van der Waals surface area contributed by atoms with Crippen molar-refractivity contribution in [3.05, 3.63) is 70.5 Å². The Morgan fingerprint density at radius 3 is 2.79 bits per heavy atom. The summed E-state index contributed by atoms with van der Waals surface area (Å²) < 4.78 is 0. The van der Waals surface area contributed by atoms with E-state index in [0.717, 1.165) is 28.4 Å². The van der Waals surface area contributed by atoms with Crippen LogP contribution in [0.3, 0.4) is 0 Å². The third-order valence-corrected chi connectivity index (χ3v) is 4.45. The summed E-state index contributed by atoms with van der Waals surface area (Å²) in [5.41, 5.74) is 10.3.